The Kier molecular flexibility index (Phi) is 6.56. The molecule has 1 aliphatic heterocycles. The summed E-state index contributed by atoms with van der Waals surface area (Å²) in [5, 5.41) is 14.7. The van der Waals surface area contributed by atoms with Crippen LogP contribution in [0.3, 0.4) is 0 Å². The summed E-state index contributed by atoms with van der Waals surface area (Å²) in [7, 11) is 0. The highest BCUT2D eigenvalue weighted by molar-refractivity contribution is 7.16. The Morgan fingerprint density at radius 2 is 1.95 bits per heavy atom. The lowest BCUT2D eigenvalue weighted by molar-refractivity contribution is -0.126. The van der Waals surface area contributed by atoms with Crippen LogP contribution in [-0.4, -0.2) is 57.1 Å². The van der Waals surface area contributed by atoms with Gasteiger partial charge in [0.25, 0.3) is 0 Å². The number of nitrogens with zero attached hydrogens (tertiary/aromatic N) is 7. The summed E-state index contributed by atoms with van der Waals surface area (Å²) in [6, 6.07) is 10.1. The first kappa shape index (κ1) is 25.7. The minimum Gasteiger partial charge on any atom is -0.389 e. The molecule has 1 aliphatic carbocycles. The van der Waals surface area contributed by atoms with Crippen molar-refractivity contribution in [1.29, 1.82) is 5.26 Å². The van der Waals surface area contributed by atoms with Crippen LogP contribution in [0.4, 0.5) is 10.7 Å². The summed E-state index contributed by atoms with van der Waals surface area (Å²) in [5.74, 6) is 0.771. The highest BCUT2D eigenvalue weighted by Gasteiger charge is 2.43. The molecular weight excluding hydrogens is 524 g/mol. The van der Waals surface area contributed by atoms with E-state index in [9.17, 15) is 10.1 Å². The number of amides is 1. The molecule has 1 unspecified atom stereocenters. The fourth-order valence-corrected chi connectivity index (χ4v) is 6.85. The van der Waals surface area contributed by atoms with Gasteiger partial charge in [-0.3, -0.25) is 9.78 Å². The molecule has 4 aromatic rings. The molecule has 0 aromatic carbocycles. The lowest BCUT2D eigenvalue weighted by Gasteiger charge is -2.35. The summed E-state index contributed by atoms with van der Waals surface area (Å²) in [6.45, 7) is 8.21. The molecule has 5 heterocycles. The molecule has 1 amide bonds. The van der Waals surface area contributed by atoms with Gasteiger partial charge in [0.2, 0.25) is 17.6 Å². The Hall–Kier alpha value is -4.56. The largest absolute Gasteiger partial charge is 0.389 e. The third-order valence-electron chi connectivity index (χ3n) is 7.80. The molecule has 4 aromatic heterocycles. The Bertz CT molecular complexity index is 1630. The molecule has 0 radical (unpaired) electrons. The maximum Gasteiger partial charge on any atom is 0.246 e. The van der Waals surface area contributed by atoms with E-state index in [0.717, 1.165) is 46.6 Å². The van der Waals surface area contributed by atoms with Crippen molar-refractivity contribution in [2.75, 3.05) is 36.8 Å². The van der Waals surface area contributed by atoms with Crippen molar-refractivity contribution in [2.24, 2.45) is 0 Å². The van der Waals surface area contributed by atoms with E-state index in [-0.39, 0.29) is 5.91 Å². The third-order valence-corrected chi connectivity index (χ3v) is 8.88. The zero-order chi connectivity index (χ0) is 27.9. The van der Waals surface area contributed by atoms with Crippen molar-refractivity contribution in [1.82, 2.24) is 25.0 Å². The van der Waals surface area contributed by atoms with Gasteiger partial charge in [0.15, 0.2) is 0 Å². The van der Waals surface area contributed by atoms with Crippen molar-refractivity contribution in [2.45, 2.75) is 31.6 Å². The maximum absolute atomic E-state index is 12.1. The number of aromatic nitrogens is 4. The van der Waals surface area contributed by atoms with Gasteiger partial charge in [-0.25, -0.2) is 4.98 Å². The van der Waals surface area contributed by atoms with Crippen LogP contribution in [-0.2, 0) is 16.6 Å². The Morgan fingerprint density at radius 1 is 1.20 bits per heavy atom. The topological polar surface area (TPSA) is 138 Å². The first-order valence-electron chi connectivity index (χ1n) is 13.2. The van der Waals surface area contributed by atoms with Crippen molar-refractivity contribution in [3.05, 3.63) is 71.2 Å². The van der Waals surface area contributed by atoms with Crippen molar-refractivity contribution in [3.63, 3.8) is 0 Å². The van der Waals surface area contributed by atoms with E-state index in [2.05, 4.69) is 27.7 Å². The number of nitrogen functional groups attached to an aromatic ring is 1. The second-order valence-corrected chi connectivity index (χ2v) is 11.3. The van der Waals surface area contributed by atoms with Gasteiger partial charge >= 0.3 is 0 Å². The molecule has 0 saturated carbocycles. The average Bonchev–Trinajstić information content (AvgIpc) is 3.63. The number of pyridine rings is 2. The van der Waals surface area contributed by atoms with Crippen molar-refractivity contribution in [3.8, 4) is 28.8 Å². The first-order chi connectivity index (χ1) is 19.4. The number of thiophene rings is 1. The number of hydrogen-bond acceptors (Lipinski definition) is 10. The Labute approximate surface area is 235 Å². The molecule has 40 heavy (non-hydrogen) atoms. The molecule has 2 N–H and O–H groups in total. The molecule has 11 heteroatoms. The van der Waals surface area contributed by atoms with Crippen LogP contribution >= 0.6 is 11.3 Å². The molecule has 1 atom stereocenters. The monoisotopic (exact) mass is 552 g/mol. The number of fused-ring (bicyclic) bond motifs is 1. The minimum absolute atomic E-state index is 0.0573. The lowest BCUT2D eigenvalue weighted by Crippen LogP contribution is -2.48. The van der Waals surface area contributed by atoms with E-state index in [1.54, 1.807) is 17.3 Å². The first-order valence-corrected chi connectivity index (χ1v) is 14.0. The van der Waals surface area contributed by atoms with Gasteiger partial charge in [0, 0.05) is 60.3 Å². The maximum atomic E-state index is 12.1. The average molecular weight is 553 g/mol. The molecule has 1 fully saturated rings. The van der Waals surface area contributed by atoms with Gasteiger partial charge in [-0.1, -0.05) is 11.7 Å². The van der Waals surface area contributed by atoms with Gasteiger partial charge in [-0.15, -0.1) is 11.3 Å². The van der Waals surface area contributed by atoms with Crippen LogP contribution in [0.5, 0.6) is 0 Å². The minimum atomic E-state index is -0.614. The third kappa shape index (κ3) is 4.40. The van der Waals surface area contributed by atoms with Crippen LogP contribution in [0.25, 0.3) is 22.8 Å². The SMILES string of the molecule is C=CC(=O)N1CCN(c2cc(-c3ccncc3)nc(-c3noc(C4(C)CCCc5sc(N)c(C#N)c54)n3)c2)CC1. The zero-order valence-corrected chi connectivity index (χ0v) is 22.9. The molecule has 0 bridgehead atoms. The van der Waals surface area contributed by atoms with Crippen LogP contribution in [0.1, 0.15) is 41.7 Å². The number of nitrogens with two attached hydrogens (primary N) is 1. The molecule has 0 spiro atoms. The highest BCUT2D eigenvalue weighted by atomic mass is 32.1. The van der Waals surface area contributed by atoms with Crippen LogP contribution < -0.4 is 10.6 Å². The van der Waals surface area contributed by atoms with E-state index >= 15 is 0 Å². The van der Waals surface area contributed by atoms with Gasteiger partial charge in [-0.05, 0) is 56.5 Å². The molecule has 202 valence electrons. The second kappa shape index (κ2) is 10.2. The Balaban J connectivity index is 1.39. The summed E-state index contributed by atoms with van der Waals surface area (Å²) >= 11 is 1.47. The fourth-order valence-electron chi connectivity index (χ4n) is 5.66. The van der Waals surface area contributed by atoms with Gasteiger partial charge in [-0.2, -0.15) is 10.2 Å². The number of anilines is 2. The van der Waals surface area contributed by atoms with Gasteiger partial charge in [0.1, 0.15) is 16.8 Å². The molecular formula is C29H28N8O2S. The van der Waals surface area contributed by atoms with Crippen molar-refractivity contribution >= 4 is 27.9 Å². The Morgan fingerprint density at radius 3 is 2.67 bits per heavy atom. The van der Waals surface area contributed by atoms with Crippen LogP contribution in [0.2, 0.25) is 0 Å². The number of carbonyl (C=O) groups is 1. The van der Waals surface area contributed by atoms with E-state index in [1.807, 2.05) is 31.2 Å². The predicted octanol–water partition coefficient (Wildman–Crippen LogP) is 4.19. The van der Waals surface area contributed by atoms with E-state index in [1.165, 1.54) is 17.4 Å². The van der Waals surface area contributed by atoms with Gasteiger partial charge in [0.05, 0.1) is 16.7 Å². The van der Waals surface area contributed by atoms with Crippen LogP contribution in [0.15, 0.2) is 53.8 Å². The van der Waals surface area contributed by atoms with Crippen molar-refractivity contribution < 1.29 is 9.32 Å². The normalized spacial score (nSPS) is 18.7. The fraction of sp³-hybridized carbons (Fsp3) is 0.310. The number of carbonyl (C=O) groups excluding carboxylic acids is 1. The molecule has 6 rings (SSSR count). The number of aryl methyl sites for hydroxylation is 1. The summed E-state index contributed by atoms with van der Waals surface area (Å²) in [6.07, 6.45) is 7.41. The predicted molar refractivity (Wildman–Crippen MR) is 153 cm³/mol. The quantitative estimate of drug-likeness (QED) is 0.361. The van der Waals surface area contributed by atoms with E-state index < -0.39 is 5.41 Å². The number of piperazine rings is 1. The standard InChI is InChI=1S/C29H28N8O2S/c1-3-24(38)37-13-11-36(12-14-37)19-15-21(18-6-9-32-10-7-18)33-22(16-19)27-34-28(39-35-27)29(2)8-4-5-23-25(29)20(17-30)26(31)40-23/h3,6-7,9-10,15-16H,1,4-5,8,11-14,31H2,2H3. The lowest BCUT2D eigenvalue weighted by atomic mass is 9.72. The van der Waals surface area contributed by atoms with Gasteiger partial charge < -0.3 is 20.1 Å². The molecule has 2 aliphatic rings. The zero-order valence-electron chi connectivity index (χ0n) is 22.1. The van der Waals surface area contributed by atoms with Crippen LogP contribution in [0, 0.1) is 11.3 Å². The van der Waals surface area contributed by atoms with E-state index in [0.29, 0.717) is 54.2 Å². The smallest absolute Gasteiger partial charge is 0.246 e. The summed E-state index contributed by atoms with van der Waals surface area (Å²) in [4.78, 5) is 31.1. The number of nitriles is 1. The highest BCUT2D eigenvalue weighted by Crippen LogP contribution is 2.48. The van der Waals surface area contributed by atoms with E-state index in [4.69, 9.17) is 20.2 Å². The summed E-state index contributed by atoms with van der Waals surface area (Å²) < 4.78 is 5.89. The molecule has 10 nitrogen and oxygen atoms in total. The number of hydrogen-bond donors (Lipinski definition) is 1. The molecule has 1 saturated heterocycles. The number of rotatable bonds is 5. The second-order valence-electron chi connectivity index (χ2n) is 10.2. The summed E-state index contributed by atoms with van der Waals surface area (Å²) in [5.41, 5.74) is 10.2.